The molecule has 0 bridgehead atoms. The molecule has 4 aromatic rings. The van der Waals surface area contributed by atoms with Gasteiger partial charge in [-0.3, -0.25) is 0 Å². The SMILES string of the molecule is CCS(=O)(=O)c1ccc2c(c1)CCN(CCCSc1nnc(-c3cccc4cc[nH]c34)n1C)CC2. The van der Waals surface area contributed by atoms with E-state index < -0.39 is 9.84 Å². The maximum atomic E-state index is 12.3. The third-order valence-electron chi connectivity index (χ3n) is 6.82. The zero-order valence-corrected chi connectivity index (χ0v) is 21.8. The lowest BCUT2D eigenvalue weighted by atomic mass is 10.0. The first-order valence-corrected chi connectivity index (χ1v) is 14.8. The van der Waals surface area contributed by atoms with Crippen molar-refractivity contribution in [3.63, 3.8) is 0 Å². The number of nitrogens with one attached hydrogen (secondary N) is 1. The summed E-state index contributed by atoms with van der Waals surface area (Å²) >= 11 is 1.74. The fourth-order valence-electron chi connectivity index (χ4n) is 4.73. The Balaban J connectivity index is 1.16. The van der Waals surface area contributed by atoms with E-state index in [2.05, 4.69) is 48.9 Å². The standard InChI is InChI=1S/C26H31N5O2S2/c1-3-35(32,33)22-9-8-19-11-15-31(16-12-21(19)18-22)14-5-17-34-26-29-28-25(30(26)2)23-7-4-6-20-10-13-27-24(20)23/h4,6-10,13,18,27H,3,5,11-12,14-17H2,1-2H3. The highest BCUT2D eigenvalue weighted by Gasteiger charge is 2.18. The first-order chi connectivity index (χ1) is 17.0. The largest absolute Gasteiger partial charge is 0.361 e. The van der Waals surface area contributed by atoms with Crippen molar-refractivity contribution in [2.75, 3.05) is 31.1 Å². The van der Waals surface area contributed by atoms with Crippen LogP contribution in [0.2, 0.25) is 0 Å². The van der Waals surface area contributed by atoms with E-state index in [0.29, 0.717) is 4.90 Å². The summed E-state index contributed by atoms with van der Waals surface area (Å²) < 4.78 is 26.6. The fraction of sp³-hybridized carbons (Fsp3) is 0.385. The van der Waals surface area contributed by atoms with Gasteiger partial charge in [0.15, 0.2) is 20.8 Å². The van der Waals surface area contributed by atoms with Gasteiger partial charge in [0.05, 0.1) is 16.2 Å². The normalized spacial score (nSPS) is 14.8. The number of hydrogen-bond acceptors (Lipinski definition) is 6. The van der Waals surface area contributed by atoms with Crippen LogP contribution in [0.1, 0.15) is 24.5 Å². The number of fused-ring (bicyclic) bond motifs is 2. The molecule has 3 heterocycles. The predicted octanol–water partition coefficient (Wildman–Crippen LogP) is 4.34. The van der Waals surface area contributed by atoms with E-state index in [4.69, 9.17) is 0 Å². The second kappa shape index (κ2) is 10.2. The minimum atomic E-state index is -3.16. The number of para-hydroxylation sites is 1. The summed E-state index contributed by atoms with van der Waals surface area (Å²) in [5, 5.41) is 11.0. The molecule has 0 amide bonds. The van der Waals surface area contributed by atoms with Crippen LogP contribution in [0.5, 0.6) is 0 Å². The summed E-state index contributed by atoms with van der Waals surface area (Å²) in [6, 6.07) is 14.0. The number of thioether (sulfide) groups is 1. The van der Waals surface area contributed by atoms with Crippen molar-refractivity contribution in [2.45, 2.75) is 36.2 Å². The number of benzene rings is 2. The molecule has 0 saturated carbocycles. The van der Waals surface area contributed by atoms with Crippen molar-refractivity contribution in [1.82, 2.24) is 24.6 Å². The van der Waals surface area contributed by atoms with Gasteiger partial charge < -0.3 is 14.5 Å². The van der Waals surface area contributed by atoms with E-state index >= 15 is 0 Å². The summed E-state index contributed by atoms with van der Waals surface area (Å²) in [5.41, 5.74) is 4.61. The number of sulfone groups is 1. The van der Waals surface area contributed by atoms with Gasteiger partial charge >= 0.3 is 0 Å². The second-order valence-corrected chi connectivity index (χ2v) is 12.3. The third-order valence-corrected chi connectivity index (χ3v) is 9.66. The Morgan fingerprint density at radius 2 is 1.89 bits per heavy atom. The summed E-state index contributed by atoms with van der Waals surface area (Å²) in [5.74, 6) is 1.99. The molecular weight excluding hydrogens is 478 g/mol. The van der Waals surface area contributed by atoms with Gasteiger partial charge in [-0.15, -0.1) is 10.2 Å². The summed E-state index contributed by atoms with van der Waals surface area (Å²) in [7, 11) is -1.13. The number of aromatic amines is 1. The highest BCUT2D eigenvalue weighted by Crippen LogP contribution is 2.28. The lowest BCUT2D eigenvalue weighted by Crippen LogP contribution is -2.27. The Morgan fingerprint density at radius 1 is 1.06 bits per heavy atom. The Morgan fingerprint density at radius 3 is 2.71 bits per heavy atom. The van der Waals surface area contributed by atoms with E-state index in [1.54, 1.807) is 24.8 Å². The van der Waals surface area contributed by atoms with Crippen molar-refractivity contribution < 1.29 is 8.42 Å². The Labute approximate surface area is 210 Å². The lowest BCUT2D eigenvalue weighted by molar-refractivity contribution is 0.289. The minimum absolute atomic E-state index is 0.143. The van der Waals surface area contributed by atoms with Crippen molar-refractivity contribution in [1.29, 1.82) is 0 Å². The van der Waals surface area contributed by atoms with E-state index in [1.165, 1.54) is 16.5 Å². The molecule has 0 spiro atoms. The molecule has 0 radical (unpaired) electrons. The topological polar surface area (TPSA) is 83.9 Å². The monoisotopic (exact) mass is 509 g/mol. The fourth-order valence-corrected chi connectivity index (χ4v) is 6.49. The Kier molecular flexibility index (Phi) is 7.00. The van der Waals surface area contributed by atoms with Gasteiger partial charge in [0.25, 0.3) is 0 Å². The van der Waals surface area contributed by atoms with E-state index in [9.17, 15) is 8.42 Å². The van der Waals surface area contributed by atoms with Crippen molar-refractivity contribution >= 4 is 32.5 Å². The molecule has 35 heavy (non-hydrogen) atoms. The van der Waals surface area contributed by atoms with E-state index in [-0.39, 0.29) is 5.75 Å². The van der Waals surface area contributed by atoms with Crippen LogP contribution in [0.25, 0.3) is 22.3 Å². The van der Waals surface area contributed by atoms with Crippen LogP contribution in [-0.4, -0.2) is 64.2 Å². The van der Waals surface area contributed by atoms with Crippen LogP contribution in [0.3, 0.4) is 0 Å². The van der Waals surface area contributed by atoms with Crippen LogP contribution < -0.4 is 0 Å². The molecular formula is C26H31N5O2S2. The maximum Gasteiger partial charge on any atom is 0.191 e. The molecule has 0 saturated heterocycles. The number of aromatic nitrogens is 4. The maximum absolute atomic E-state index is 12.3. The minimum Gasteiger partial charge on any atom is -0.361 e. The number of hydrogen-bond donors (Lipinski definition) is 1. The van der Waals surface area contributed by atoms with Gasteiger partial charge in [-0.05, 0) is 61.2 Å². The van der Waals surface area contributed by atoms with Crippen LogP contribution in [0, 0.1) is 0 Å². The first kappa shape index (κ1) is 24.1. The van der Waals surface area contributed by atoms with Crippen molar-refractivity contribution in [3.8, 4) is 11.4 Å². The number of H-pyrrole nitrogens is 1. The van der Waals surface area contributed by atoms with Crippen LogP contribution in [-0.2, 0) is 29.7 Å². The third kappa shape index (κ3) is 5.03. The molecule has 5 rings (SSSR count). The highest BCUT2D eigenvalue weighted by atomic mass is 32.2. The summed E-state index contributed by atoms with van der Waals surface area (Å²) in [6.45, 7) is 4.69. The molecule has 0 fully saturated rings. The van der Waals surface area contributed by atoms with E-state index in [1.807, 2.05) is 25.4 Å². The Bertz CT molecular complexity index is 1440. The molecule has 1 N–H and O–H groups in total. The smallest absolute Gasteiger partial charge is 0.191 e. The van der Waals surface area contributed by atoms with E-state index in [0.717, 1.165) is 66.7 Å². The molecule has 2 aromatic heterocycles. The van der Waals surface area contributed by atoms with Gasteiger partial charge in [-0.2, -0.15) is 0 Å². The molecule has 2 aromatic carbocycles. The van der Waals surface area contributed by atoms with Gasteiger partial charge in [-0.1, -0.05) is 36.9 Å². The van der Waals surface area contributed by atoms with Crippen LogP contribution in [0.15, 0.2) is 58.7 Å². The quantitative estimate of drug-likeness (QED) is 0.281. The molecule has 7 nitrogen and oxygen atoms in total. The molecule has 184 valence electrons. The Hall–Kier alpha value is -2.62. The number of rotatable bonds is 8. The predicted molar refractivity (Wildman–Crippen MR) is 142 cm³/mol. The summed E-state index contributed by atoms with van der Waals surface area (Å²) in [6.07, 6.45) is 4.87. The molecule has 0 aliphatic carbocycles. The average molecular weight is 510 g/mol. The van der Waals surface area contributed by atoms with Crippen molar-refractivity contribution in [3.05, 3.63) is 59.8 Å². The molecule has 1 aliphatic heterocycles. The first-order valence-electron chi connectivity index (χ1n) is 12.1. The number of nitrogens with zero attached hydrogens (tertiary/aromatic N) is 4. The second-order valence-electron chi connectivity index (χ2n) is 8.99. The van der Waals surface area contributed by atoms with Gasteiger partial charge in [0.1, 0.15) is 0 Å². The molecule has 0 unspecified atom stereocenters. The van der Waals surface area contributed by atoms with Gasteiger partial charge in [0, 0.05) is 43.0 Å². The average Bonchev–Trinajstić information content (AvgIpc) is 3.43. The molecule has 0 atom stereocenters. The van der Waals surface area contributed by atoms with Crippen molar-refractivity contribution in [2.24, 2.45) is 7.05 Å². The summed E-state index contributed by atoms with van der Waals surface area (Å²) in [4.78, 5) is 6.26. The van der Waals surface area contributed by atoms with Crippen LogP contribution in [0.4, 0.5) is 0 Å². The van der Waals surface area contributed by atoms with Crippen LogP contribution >= 0.6 is 11.8 Å². The zero-order valence-electron chi connectivity index (χ0n) is 20.2. The highest BCUT2D eigenvalue weighted by molar-refractivity contribution is 7.99. The zero-order chi connectivity index (χ0) is 24.4. The van der Waals surface area contributed by atoms with Gasteiger partial charge in [-0.25, -0.2) is 8.42 Å². The lowest BCUT2D eigenvalue weighted by Gasteiger charge is -2.19. The molecule has 1 aliphatic rings. The van der Waals surface area contributed by atoms with Gasteiger partial charge in [0.2, 0.25) is 0 Å². The molecule has 9 heteroatoms.